The number of nitrogens with two attached hydrogens (primary N) is 1. The van der Waals surface area contributed by atoms with Crippen LogP contribution in [0, 0.1) is 6.92 Å². The van der Waals surface area contributed by atoms with E-state index in [-0.39, 0.29) is 5.69 Å². The van der Waals surface area contributed by atoms with Crippen molar-refractivity contribution in [2.24, 2.45) is 5.14 Å². The summed E-state index contributed by atoms with van der Waals surface area (Å²) < 4.78 is 46.4. The maximum absolute atomic E-state index is 12.4. The Kier molecular flexibility index (Phi) is 2.91. The quantitative estimate of drug-likeness (QED) is 0.774. The van der Waals surface area contributed by atoms with Crippen molar-refractivity contribution in [2.45, 2.75) is 18.2 Å². The van der Waals surface area contributed by atoms with Crippen molar-refractivity contribution >= 4 is 10.0 Å². The standard InChI is InChI=1S/C7H8F2N2O3S/c1-3-4(6(8)9)2-5(7(12)11-3)15(10,13)14/h2,6H,1H3,(H,11,12)(H2,10,13,14). The number of aromatic nitrogens is 1. The summed E-state index contributed by atoms with van der Waals surface area (Å²) in [4.78, 5) is 12.2. The van der Waals surface area contributed by atoms with Crippen LogP contribution in [0.5, 0.6) is 0 Å². The van der Waals surface area contributed by atoms with Crippen LogP contribution in [-0.2, 0) is 10.0 Å². The number of H-pyrrole nitrogens is 1. The molecule has 0 saturated heterocycles. The molecule has 0 aromatic carbocycles. The molecule has 0 saturated carbocycles. The van der Waals surface area contributed by atoms with E-state index in [4.69, 9.17) is 0 Å². The molecule has 0 aliphatic heterocycles. The minimum Gasteiger partial charge on any atom is -0.325 e. The van der Waals surface area contributed by atoms with Gasteiger partial charge in [-0.05, 0) is 13.0 Å². The molecule has 84 valence electrons. The maximum atomic E-state index is 12.4. The summed E-state index contributed by atoms with van der Waals surface area (Å²) in [6, 6.07) is 0.591. The molecule has 3 N–H and O–H groups in total. The second-order valence-corrected chi connectivity index (χ2v) is 4.42. The van der Waals surface area contributed by atoms with Crippen LogP contribution in [-0.4, -0.2) is 13.4 Å². The van der Waals surface area contributed by atoms with E-state index in [1.165, 1.54) is 6.92 Å². The fraction of sp³-hybridized carbons (Fsp3) is 0.286. The Labute approximate surface area is 84.0 Å². The van der Waals surface area contributed by atoms with Gasteiger partial charge in [-0.1, -0.05) is 0 Å². The molecule has 15 heavy (non-hydrogen) atoms. The summed E-state index contributed by atoms with van der Waals surface area (Å²) in [5.41, 5.74) is -1.64. The molecule has 1 aromatic heterocycles. The van der Waals surface area contributed by atoms with Gasteiger partial charge in [0.25, 0.3) is 12.0 Å². The lowest BCUT2D eigenvalue weighted by molar-refractivity contribution is 0.149. The van der Waals surface area contributed by atoms with E-state index in [1.54, 1.807) is 0 Å². The van der Waals surface area contributed by atoms with Gasteiger partial charge in [-0.25, -0.2) is 22.3 Å². The number of halogens is 2. The van der Waals surface area contributed by atoms with Crippen molar-refractivity contribution in [3.8, 4) is 0 Å². The molecule has 1 aromatic rings. The minimum atomic E-state index is -4.28. The second-order valence-electron chi connectivity index (χ2n) is 2.89. The number of aryl methyl sites for hydroxylation is 1. The highest BCUT2D eigenvalue weighted by Gasteiger charge is 2.19. The third-order valence-corrected chi connectivity index (χ3v) is 2.70. The van der Waals surface area contributed by atoms with Crippen LogP contribution in [0.15, 0.2) is 15.8 Å². The van der Waals surface area contributed by atoms with E-state index in [2.05, 4.69) is 5.14 Å². The zero-order chi connectivity index (χ0) is 11.8. The zero-order valence-corrected chi connectivity index (χ0v) is 8.44. The van der Waals surface area contributed by atoms with E-state index in [0.29, 0.717) is 6.07 Å². The Bertz CT molecular complexity index is 536. The maximum Gasteiger partial charge on any atom is 0.268 e. The third-order valence-electron chi connectivity index (χ3n) is 1.79. The second kappa shape index (κ2) is 3.70. The van der Waals surface area contributed by atoms with Gasteiger partial charge in [-0.15, -0.1) is 0 Å². The van der Waals surface area contributed by atoms with Crippen molar-refractivity contribution in [3.63, 3.8) is 0 Å². The van der Waals surface area contributed by atoms with Crippen LogP contribution in [0.1, 0.15) is 17.7 Å². The van der Waals surface area contributed by atoms with Crippen molar-refractivity contribution in [1.82, 2.24) is 4.98 Å². The molecule has 0 amide bonds. The van der Waals surface area contributed by atoms with Crippen LogP contribution >= 0.6 is 0 Å². The van der Waals surface area contributed by atoms with E-state index in [9.17, 15) is 22.0 Å². The van der Waals surface area contributed by atoms with Crippen LogP contribution in [0.25, 0.3) is 0 Å². The van der Waals surface area contributed by atoms with Gasteiger partial charge in [0.2, 0.25) is 10.0 Å². The lowest BCUT2D eigenvalue weighted by atomic mass is 10.2. The first kappa shape index (κ1) is 11.8. The van der Waals surface area contributed by atoms with Crippen LogP contribution in [0.4, 0.5) is 8.78 Å². The first-order valence-corrected chi connectivity index (χ1v) is 5.33. The molecule has 0 radical (unpaired) electrons. The molecule has 0 aliphatic rings. The predicted molar refractivity (Wildman–Crippen MR) is 48.1 cm³/mol. The average molecular weight is 238 g/mol. The number of pyridine rings is 1. The van der Waals surface area contributed by atoms with Crippen molar-refractivity contribution in [3.05, 3.63) is 27.7 Å². The highest BCUT2D eigenvalue weighted by molar-refractivity contribution is 7.89. The fourth-order valence-electron chi connectivity index (χ4n) is 1.06. The van der Waals surface area contributed by atoms with E-state index in [0.717, 1.165) is 0 Å². The molecule has 5 nitrogen and oxygen atoms in total. The molecule has 1 rings (SSSR count). The third kappa shape index (κ3) is 2.39. The Balaban J connectivity index is 3.58. The van der Waals surface area contributed by atoms with Gasteiger partial charge in [0.15, 0.2) is 0 Å². The summed E-state index contributed by atoms with van der Waals surface area (Å²) in [5.74, 6) is 0. The van der Waals surface area contributed by atoms with Gasteiger partial charge in [-0.2, -0.15) is 0 Å². The van der Waals surface area contributed by atoms with Gasteiger partial charge in [0.1, 0.15) is 4.90 Å². The normalized spacial score (nSPS) is 12.1. The summed E-state index contributed by atoms with van der Waals surface area (Å²) in [6.07, 6.45) is -2.87. The number of primary sulfonamides is 1. The van der Waals surface area contributed by atoms with Crippen LogP contribution < -0.4 is 10.7 Å². The summed E-state index contributed by atoms with van der Waals surface area (Å²) in [6.45, 7) is 1.25. The lowest BCUT2D eigenvalue weighted by Crippen LogP contribution is -2.24. The highest BCUT2D eigenvalue weighted by atomic mass is 32.2. The monoisotopic (exact) mass is 238 g/mol. The van der Waals surface area contributed by atoms with Crippen LogP contribution in [0.2, 0.25) is 0 Å². The average Bonchev–Trinajstić information content (AvgIpc) is 2.00. The largest absolute Gasteiger partial charge is 0.325 e. The van der Waals surface area contributed by atoms with E-state index in [1.807, 2.05) is 4.98 Å². The molecular weight excluding hydrogens is 230 g/mol. The van der Waals surface area contributed by atoms with Gasteiger partial charge >= 0.3 is 0 Å². The zero-order valence-electron chi connectivity index (χ0n) is 7.62. The lowest BCUT2D eigenvalue weighted by Gasteiger charge is -2.05. The molecule has 0 spiro atoms. The number of alkyl halides is 2. The summed E-state index contributed by atoms with van der Waals surface area (Å²) in [5, 5.41) is 4.68. The Morgan fingerprint density at radius 2 is 2.00 bits per heavy atom. The van der Waals surface area contributed by atoms with Gasteiger partial charge in [-0.3, -0.25) is 4.79 Å². The minimum absolute atomic E-state index is 0.0811. The first-order chi connectivity index (χ1) is 6.73. The van der Waals surface area contributed by atoms with E-state index < -0.39 is 32.5 Å². The molecule has 0 atom stereocenters. The highest BCUT2D eigenvalue weighted by Crippen LogP contribution is 2.21. The van der Waals surface area contributed by atoms with Crippen LogP contribution in [0.3, 0.4) is 0 Å². The molecule has 1 heterocycles. The van der Waals surface area contributed by atoms with E-state index >= 15 is 0 Å². The van der Waals surface area contributed by atoms with Crippen molar-refractivity contribution < 1.29 is 17.2 Å². The van der Waals surface area contributed by atoms with Gasteiger partial charge in [0, 0.05) is 11.3 Å². The molecule has 0 unspecified atom stereocenters. The van der Waals surface area contributed by atoms with Crippen molar-refractivity contribution in [1.29, 1.82) is 0 Å². The Hall–Kier alpha value is -1.28. The number of aromatic amines is 1. The van der Waals surface area contributed by atoms with Crippen molar-refractivity contribution in [2.75, 3.05) is 0 Å². The smallest absolute Gasteiger partial charge is 0.268 e. The van der Waals surface area contributed by atoms with Gasteiger partial charge in [0.05, 0.1) is 0 Å². The summed E-state index contributed by atoms with van der Waals surface area (Å²) in [7, 11) is -4.28. The molecule has 0 bridgehead atoms. The molecular formula is C7H8F2N2O3S. The molecule has 0 fully saturated rings. The predicted octanol–water partition coefficient (Wildman–Crippen LogP) is 0.268. The van der Waals surface area contributed by atoms with Gasteiger partial charge < -0.3 is 4.98 Å². The fourth-order valence-corrected chi connectivity index (χ4v) is 1.66. The Morgan fingerprint density at radius 3 is 2.40 bits per heavy atom. The SMILES string of the molecule is Cc1[nH]c(=O)c(S(N)(=O)=O)cc1C(F)F. The summed E-state index contributed by atoms with van der Waals surface area (Å²) >= 11 is 0. The Morgan fingerprint density at radius 1 is 1.47 bits per heavy atom. The number of sulfonamides is 1. The number of hydrogen-bond acceptors (Lipinski definition) is 3. The number of rotatable bonds is 2. The topological polar surface area (TPSA) is 93.0 Å². The number of hydrogen-bond donors (Lipinski definition) is 2. The molecule has 8 heteroatoms. The first-order valence-electron chi connectivity index (χ1n) is 3.78. The molecule has 0 aliphatic carbocycles. The number of nitrogens with one attached hydrogen (secondary N) is 1.